The van der Waals surface area contributed by atoms with Gasteiger partial charge in [0, 0.05) is 43.3 Å². The SMILES string of the molecule is Cn1cnc(COc2ccc(Cl)c3c2C(N2CC4(CC4)CC2=O)N(C(=O)C2CCCC[C@]2(C)C(=O)O)CC3)c1. The van der Waals surface area contributed by atoms with E-state index in [1.807, 2.05) is 22.7 Å². The van der Waals surface area contributed by atoms with Crippen LogP contribution in [0.3, 0.4) is 0 Å². The molecule has 208 valence electrons. The second-order valence-corrected chi connectivity index (χ2v) is 12.5. The number of halogens is 1. The maximum Gasteiger partial charge on any atom is 0.310 e. The lowest BCUT2D eigenvalue weighted by Crippen LogP contribution is -2.54. The molecule has 1 aromatic heterocycles. The number of amides is 2. The molecule has 1 aromatic carbocycles. The number of nitrogens with zero attached hydrogens (tertiary/aromatic N) is 4. The van der Waals surface area contributed by atoms with E-state index < -0.39 is 23.5 Å². The first kappa shape index (κ1) is 26.2. The topological polar surface area (TPSA) is 105 Å². The predicted molar refractivity (Wildman–Crippen MR) is 143 cm³/mol. The number of rotatable bonds is 6. The average Bonchev–Trinajstić information content (AvgIpc) is 3.40. The summed E-state index contributed by atoms with van der Waals surface area (Å²) < 4.78 is 8.15. The number of carboxylic acid groups (broad SMARTS) is 1. The van der Waals surface area contributed by atoms with Gasteiger partial charge in [-0.1, -0.05) is 24.4 Å². The molecule has 0 bridgehead atoms. The highest BCUT2D eigenvalue weighted by Gasteiger charge is 2.56. The Hall–Kier alpha value is -3.07. The maximum atomic E-state index is 14.4. The molecule has 1 spiro atoms. The van der Waals surface area contributed by atoms with Crippen LogP contribution in [0.25, 0.3) is 0 Å². The molecule has 2 aliphatic heterocycles. The van der Waals surface area contributed by atoms with Crippen molar-refractivity contribution in [3.05, 3.63) is 46.5 Å². The molecular formula is C29H35ClN4O5. The van der Waals surface area contributed by atoms with Gasteiger partial charge in [0.15, 0.2) is 0 Å². The highest BCUT2D eigenvalue weighted by molar-refractivity contribution is 6.31. The van der Waals surface area contributed by atoms with Crippen LogP contribution < -0.4 is 4.74 Å². The number of carboxylic acids is 1. The summed E-state index contributed by atoms with van der Waals surface area (Å²) in [7, 11) is 1.89. The first-order valence-electron chi connectivity index (χ1n) is 13.9. The third-order valence-electron chi connectivity index (χ3n) is 9.43. The quantitative estimate of drug-likeness (QED) is 0.570. The Balaban J connectivity index is 1.42. The number of likely N-dealkylation sites (tertiary alicyclic amines) is 1. The van der Waals surface area contributed by atoms with E-state index in [2.05, 4.69) is 4.98 Å². The van der Waals surface area contributed by atoms with Crippen molar-refractivity contribution in [2.45, 2.75) is 71.1 Å². The average molecular weight is 555 g/mol. The highest BCUT2D eigenvalue weighted by atomic mass is 35.5. The van der Waals surface area contributed by atoms with Gasteiger partial charge in [0.25, 0.3) is 0 Å². The summed E-state index contributed by atoms with van der Waals surface area (Å²) in [5, 5.41) is 10.7. The van der Waals surface area contributed by atoms with Gasteiger partial charge >= 0.3 is 5.97 Å². The van der Waals surface area contributed by atoms with Crippen molar-refractivity contribution in [1.29, 1.82) is 0 Å². The van der Waals surface area contributed by atoms with Gasteiger partial charge in [0.2, 0.25) is 11.8 Å². The van der Waals surface area contributed by atoms with E-state index in [0.717, 1.165) is 42.5 Å². The van der Waals surface area contributed by atoms with Crippen molar-refractivity contribution >= 4 is 29.4 Å². The van der Waals surface area contributed by atoms with Gasteiger partial charge in [0.05, 0.1) is 23.4 Å². The lowest BCUT2D eigenvalue weighted by Gasteiger charge is -2.47. The number of aryl methyl sites for hydroxylation is 1. The zero-order chi connectivity index (χ0) is 27.5. The molecule has 3 heterocycles. The number of ether oxygens (including phenoxy) is 1. The van der Waals surface area contributed by atoms with Crippen molar-refractivity contribution in [1.82, 2.24) is 19.4 Å². The number of carbonyl (C=O) groups is 3. The fourth-order valence-corrected chi connectivity index (χ4v) is 7.15. The van der Waals surface area contributed by atoms with Gasteiger partial charge in [0.1, 0.15) is 18.5 Å². The van der Waals surface area contributed by atoms with E-state index in [1.165, 1.54) is 0 Å². The number of hydrogen-bond donors (Lipinski definition) is 1. The van der Waals surface area contributed by atoms with Gasteiger partial charge in [-0.3, -0.25) is 14.4 Å². The normalized spacial score (nSPS) is 27.5. The fraction of sp³-hybridized carbons (Fsp3) is 0.586. The summed E-state index contributed by atoms with van der Waals surface area (Å²) in [5.41, 5.74) is 1.21. The Morgan fingerprint density at radius 1 is 1.23 bits per heavy atom. The monoisotopic (exact) mass is 554 g/mol. The van der Waals surface area contributed by atoms with Crippen molar-refractivity contribution in [2.75, 3.05) is 13.1 Å². The van der Waals surface area contributed by atoms with Crippen molar-refractivity contribution in [3.8, 4) is 5.75 Å². The largest absolute Gasteiger partial charge is 0.487 e. The number of fused-ring (bicyclic) bond motifs is 1. The van der Waals surface area contributed by atoms with Crippen LogP contribution >= 0.6 is 11.6 Å². The molecule has 0 radical (unpaired) electrons. The first-order valence-corrected chi connectivity index (χ1v) is 14.2. The third-order valence-corrected chi connectivity index (χ3v) is 9.79. The van der Waals surface area contributed by atoms with Crippen molar-refractivity contribution in [3.63, 3.8) is 0 Å². The van der Waals surface area contributed by atoms with E-state index in [4.69, 9.17) is 16.3 Å². The zero-order valence-electron chi connectivity index (χ0n) is 22.5. The smallest absolute Gasteiger partial charge is 0.310 e. The van der Waals surface area contributed by atoms with E-state index in [9.17, 15) is 19.5 Å². The number of benzene rings is 1. The van der Waals surface area contributed by atoms with Gasteiger partial charge in [-0.15, -0.1) is 0 Å². The molecule has 3 atom stereocenters. The molecule has 4 aliphatic rings. The minimum Gasteiger partial charge on any atom is -0.487 e. The molecule has 6 rings (SSSR count). The van der Waals surface area contributed by atoms with Gasteiger partial charge < -0.3 is 24.2 Å². The summed E-state index contributed by atoms with van der Waals surface area (Å²) in [6.07, 6.45) is 8.46. The molecular weight excluding hydrogens is 520 g/mol. The van der Waals surface area contributed by atoms with Gasteiger partial charge in [-0.2, -0.15) is 0 Å². The number of imidazole rings is 1. The van der Waals surface area contributed by atoms with Crippen molar-refractivity contribution < 1.29 is 24.2 Å². The van der Waals surface area contributed by atoms with E-state index >= 15 is 0 Å². The van der Waals surface area contributed by atoms with E-state index in [1.54, 1.807) is 30.3 Å². The molecule has 2 aliphatic carbocycles. The Labute approximate surface area is 233 Å². The minimum atomic E-state index is -1.14. The zero-order valence-corrected chi connectivity index (χ0v) is 23.2. The lowest BCUT2D eigenvalue weighted by molar-refractivity contribution is -0.165. The lowest BCUT2D eigenvalue weighted by atomic mass is 9.66. The second-order valence-electron chi connectivity index (χ2n) is 12.1. The van der Waals surface area contributed by atoms with Crippen LogP contribution in [0.4, 0.5) is 0 Å². The summed E-state index contributed by atoms with van der Waals surface area (Å²) in [6, 6.07) is 3.61. The molecule has 2 amide bonds. The predicted octanol–water partition coefficient (Wildman–Crippen LogP) is 4.33. The van der Waals surface area contributed by atoms with E-state index in [-0.39, 0.29) is 23.8 Å². The summed E-state index contributed by atoms with van der Waals surface area (Å²) in [4.78, 5) is 48.2. The highest BCUT2D eigenvalue weighted by Crippen LogP contribution is 2.56. The minimum absolute atomic E-state index is 0.0165. The Morgan fingerprint density at radius 3 is 2.69 bits per heavy atom. The summed E-state index contributed by atoms with van der Waals surface area (Å²) in [6.45, 7) is 2.87. The molecule has 2 aromatic rings. The molecule has 9 nitrogen and oxygen atoms in total. The van der Waals surface area contributed by atoms with Crippen molar-refractivity contribution in [2.24, 2.45) is 23.8 Å². The maximum absolute atomic E-state index is 14.4. The standard InChI is InChI=1S/C29H35ClN4O5/c1-28(27(37)38)9-4-3-5-20(28)26(36)33-12-8-19-21(30)6-7-22(39-15-18-14-32(2)17-31-18)24(19)25(33)34-16-29(10-11-29)13-23(34)35/h6-7,14,17,20,25H,3-5,8-13,15-16H2,1-2H3,(H,37,38)/t20?,25?,28-/m0/s1. The molecule has 1 saturated heterocycles. The van der Waals surface area contributed by atoms with Crippen LogP contribution in [0, 0.1) is 16.7 Å². The van der Waals surface area contributed by atoms with Crippen LogP contribution in [0.15, 0.2) is 24.7 Å². The number of aromatic nitrogens is 2. The van der Waals surface area contributed by atoms with E-state index in [0.29, 0.717) is 49.5 Å². The summed E-state index contributed by atoms with van der Waals surface area (Å²) >= 11 is 6.72. The Kier molecular flexibility index (Phi) is 6.40. The molecule has 39 heavy (non-hydrogen) atoms. The van der Waals surface area contributed by atoms with Crippen LogP contribution in [0.2, 0.25) is 5.02 Å². The van der Waals surface area contributed by atoms with Crippen LogP contribution in [-0.2, 0) is 34.5 Å². The number of hydrogen-bond acceptors (Lipinski definition) is 5. The first-order chi connectivity index (χ1) is 18.6. The van der Waals surface area contributed by atoms with Gasteiger partial charge in [-0.25, -0.2) is 4.98 Å². The Bertz CT molecular complexity index is 1340. The molecule has 1 N–H and O–H groups in total. The van der Waals surface area contributed by atoms with Crippen LogP contribution in [-0.4, -0.2) is 55.3 Å². The Morgan fingerprint density at radius 2 is 2.03 bits per heavy atom. The van der Waals surface area contributed by atoms with Gasteiger partial charge in [-0.05, 0) is 62.1 Å². The van der Waals surface area contributed by atoms with Crippen LogP contribution in [0.5, 0.6) is 5.75 Å². The number of aliphatic carboxylic acids is 1. The summed E-state index contributed by atoms with van der Waals surface area (Å²) in [5.74, 6) is -1.21. The third kappa shape index (κ3) is 4.48. The molecule has 2 saturated carbocycles. The molecule has 3 fully saturated rings. The molecule has 10 heteroatoms. The van der Waals surface area contributed by atoms with Crippen LogP contribution in [0.1, 0.15) is 74.9 Å². The number of carbonyl (C=O) groups excluding carboxylic acids is 2. The molecule has 2 unspecified atom stereocenters. The second kappa shape index (κ2) is 9.54. The fourth-order valence-electron chi connectivity index (χ4n) is 6.89.